The number of fused-ring (bicyclic) bond motifs is 1. The van der Waals surface area contributed by atoms with Crippen LogP contribution in [0.1, 0.15) is 31.1 Å². The van der Waals surface area contributed by atoms with Crippen LogP contribution in [0.15, 0.2) is 24.3 Å². The lowest BCUT2D eigenvalue weighted by atomic mass is 10.1. The van der Waals surface area contributed by atoms with Crippen LogP contribution in [-0.4, -0.2) is 29.7 Å². The van der Waals surface area contributed by atoms with Gasteiger partial charge in [0, 0.05) is 5.54 Å². The minimum absolute atomic E-state index is 0.140. The number of amides is 2. The van der Waals surface area contributed by atoms with E-state index in [0.29, 0.717) is 11.3 Å². The molecule has 5 nitrogen and oxygen atoms in total. The van der Waals surface area contributed by atoms with Crippen molar-refractivity contribution in [2.75, 3.05) is 11.4 Å². The van der Waals surface area contributed by atoms with Crippen molar-refractivity contribution in [3.63, 3.8) is 0 Å². The maximum absolute atomic E-state index is 11.9. The van der Waals surface area contributed by atoms with E-state index in [9.17, 15) is 14.4 Å². The molecule has 5 heteroatoms. The van der Waals surface area contributed by atoms with Crippen LogP contribution in [0.5, 0.6) is 0 Å². The van der Waals surface area contributed by atoms with Crippen molar-refractivity contribution in [2.24, 2.45) is 0 Å². The van der Waals surface area contributed by atoms with Gasteiger partial charge >= 0.3 is 0 Å². The largest absolute Gasteiger partial charge is 0.350 e. The Hall–Kier alpha value is -2.17. The SMILES string of the molecule is CC(C)(C)NC(=O)CN1C(=O)C(=O)c2ccccc21. The van der Waals surface area contributed by atoms with Gasteiger partial charge in [-0.1, -0.05) is 12.1 Å². The molecular weight excluding hydrogens is 244 g/mol. The quantitative estimate of drug-likeness (QED) is 0.811. The molecule has 0 saturated carbocycles. The Morgan fingerprint density at radius 2 is 1.84 bits per heavy atom. The summed E-state index contributed by atoms with van der Waals surface area (Å²) in [5.41, 5.74) is 0.487. The monoisotopic (exact) mass is 260 g/mol. The van der Waals surface area contributed by atoms with Gasteiger partial charge in [-0.25, -0.2) is 0 Å². The zero-order valence-corrected chi connectivity index (χ0v) is 11.2. The maximum atomic E-state index is 11.9. The Morgan fingerprint density at radius 1 is 1.21 bits per heavy atom. The van der Waals surface area contributed by atoms with E-state index in [4.69, 9.17) is 0 Å². The smallest absolute Gasteiger partial charge is 0.299 e. The van der Waals surface area contributed by atoms with Gasteiger partial charge < -0.3 is 5.32 Å². The lowest BCUT2D eigenvalue weighted by Crippen LogP contribution is -2.47. The Kier molecular flexibility index (Phi) is 3.14. The number of Topliss-reactive ketones (excluding diaryl/α,β-unsaturated/α-hetero) is 1. The number of ketones is 1. The van der Waals surface area contributed by atoms with Crippen molar-refractivity contribution in [2.45, 2.75) is 26.3 Å². The standard InChI is InChI=1S/C14H16N2O3/c1-14(2,3)15-11(17)8-16-10-7-5-4-6-9(10)12(18)13(16)19/h4-7H,8H2,1-3H3,(H,15,17). The number of anilines is 1. The Morgan fingerprint density at radius 3 is 2.47 bits per heavy atom. The summed E-state index contributed by atoms with van der Waals surface area (Å²) in [4.78, 5) is 36.7. The molecule has 0 atom stereocenters. The first-order chi connectivity index (χ1) is 8.79. The number of benzene rings is 1. The molecule has 1 N–H and O–H groups in total. The van der Waals surface area contributed by atoms with E-state index in [1.165, 1.54) is 4.90 Å². The zero-order chi connectivity index (χ0) is 14.2. The molecule has 0 bridgehead atoms. The summed E-state index contributed by atoms with van der Waals surface area (Å²) >= 11 is 0. The van der Waals surface area contributed by atoms with E-state index in [-0.39, 0.29) is 18.0 Å². The van der Waals surface area contributed by atoms with Gasteiger partial charge in [-0.2, -0.15) is 0 Å². The minimum Gasteiger partial charge on any atom is -0.350 e. The average Bonchev–Trinajstić information content (AvgIpc) is 2.53. The number of nitrogens with one attached hydrogen (secondary N) is 1. The van der Waals surface area contributed by atoms with Crippen LogP contribution in [0, 0.1) is 0 Å². The molecule has 0 aromatic heterocycles. The van der Waals surface area contributed by atoms with Gasteiger partial charge in [0.05, 0.1) is 11.3 Å². The second-order valence-corrected chi connectivity index (χ2v) is 5.54. The molecule has 2 rings (SSSR count). The molecule has 0 fully saturated rings. The van der Waals surface area contributed by atoms with Crippen molar-refractivity contribution < 1.29 is 14.4 Å². The van der Waals surface area contributed by atoms with E-state index in [2.05, 4.69) is 5.32 Å². The summed E-state index contributed by atoms with van der Waals surface area (Å²) in [5, 5.41) is 2.77. The molecule has 2 amide bonds. The molecule has 0 aliphatic carbocycles. The first-order valence-corrected chi connectivity index (χ1v) is 6.06. The lowest BCUT2D eigenvalue weighted by molar-refractivity contribution is -0.123. The Labute approximate surface area is 111 Å². The maximum Gasteiger partial charge on any atom is 0.299 e. The highest BCUT2D eigenvalue weighted by atomic mass is 16.2. The molecule has 0 spiro atoms. The molecular formula is C14H16N2O3. The molecule has 1 aromatic rings. The van der Waals surface area contributed by atoms with Crippen LogP contribution in [0.4, 0.5) is 5.69 Å². The van der Waals surface area contributed by atoms with Crippen LogP contribution in [0.25, 0.3) is 0 Å². The predicted octanol–water partition coefficient (Wildman–Crippen LogP) is 1.13. The fourth-order valence-corrected chi connectivity index (χ4v) is 2.01. The van der Waals surface area contributed by atoms with Crippen molar-refractivity contribution in [3.05, 3.63) is 29.8 Å². The number of hydrogen-bond donors (Lipinski definition) is 1. The number of carbonyl (C=O) groups is 3. The summed E-state index contributed by atoms with van der Waals surface area (Å²) < 4.78 is 0. The highest BCUT2D eigenvalue weighted by Crippen LogP contribution is 2.27. The van der Waals surface area contributed by atoms with Gasteiger partial charge in [0.15, 0.2) is 0 Å². The highest BCUT2D eigenvalue weighted by Gasteiger charge is 2.36. The lowest BCUT2D eigenvalue weighted by Gasteiger charge is -2.23. The second kappa shape index (κ2) is 4.50. The normalized spacial score (nSPS) is 14.6. The van der Waals surface area contributed by atoms with Gasteiger partial charge in [-0.3, -0.25) is 19.3 Å². The number of hydrogen-bond acceptors (Lipinski definition) is 3. The van der Waals surface area contributed by atoms with Gasteiger partial charge in [0.25, 0.3) is 11.7 Å². The van der Waals surface area contributed by atoms with Gasteiger partial charge in [-0.05, 0) is 32.9 Å². The van der Waals surface area contributed by atoms with Gasteiger partial charge in [0.1, 0.15) is 6.54 Å². The van der Waals surface area contributed by atoms with E-state index < -0.39 is 11.7 Å². The molecule has 1 heterocycles. The third-order valence-corrected chi connectivity index (χ3v) is 2.70. The van der Waals surface area contributed by atoms with Crippen molar-refractivity contribution in [3.8, 4) is 0 Å². The summed E-state index contributed by atoms with van der Waals surface area (Å²) in [6, 6.07) is 6.70. The number of para-hydroxylation sites is 1. The molecule has 1 aliphatic rings. The average molecular weight is 260 g/mol. The number of carbonyl (C=O) groups excluding carboxylic acids is 3. The van der Waals surface area contributed by atoms with Gasteiger partial charge in [0.2, 0.25) is 5.91 Å². The second-order valence-electron chi connectivity index (χ2n) is 5.54. The predicted molar refractivity (Wildman–Crippen MR) is 71.0 cm³/mol. The number of rotatable bonds is 2. The molecule has 1 aromatic carbocycles. The third-order valence-electron chi connectivity index (χ3n) is 2.70. The Balaban J connectivity index is 2.20. The topological polar surface area (TPSA) is 66.5 Å². The third kappa shape index (κ3) is 2.65. The van der Waals surface area contributed by atoms with E-state index in [1.807, 2.05) is 20.8 Å². The summed E-state index contributed by atoms with van der Waals surface area (Å²) in [5.74, 6) is -1.49. The molecule has 0 saturated heterocycles. The highest BCUT2D eigenvalue weighted by molar-refractivity contribution is 6.52. The summed E-state index contributed by atoms with van der Waals surface area (Å²) in [6.07, 6.45) is 0. The molecule has 1 aliphatic heterocycles. The van der Waals surface area contributed by atoms with Crippen LogP contribution in [0.2, 0.25) is 0 Å². The van der Waals surface area contributed by atoms with Crippen LogP contribution < -0.4 is 10.2 Å². The van der Waals surface area contributed by atoms with Gasteiger partial charge in [-0.15, -0.1) is 0 Å². The van der Waals surface area contributed by atoms with E-state index in [0.717, 1.165) is 0 Å². The van der Waals surface area contributed by atoms with Crippen molar-refractivity contribution in [1.29, 1.82) is 0 Å². The van der Waals surface area contributed by atoms with Crippen LogP contribution in [0.3, 0.4) is 0 Å². The minimum atomic E-state index is -0.648. The zero-order valence-electron chi connectivity index (χ0n) is 11.2. The molecule has 19 heavy (non-hydrogen) atoms. The van der Waals surface area contributed by atoms with E-state index in [1.54, 1.807) is 24.3 Å². The van der Waals surface area contributed by atoms with Crippen LogP contribution in [-0.2, 0) is 9.59 Å². The Bertz CT molecular complexity index is 558. The van der Waals surface area contributed by atoms with Crippen molar-refractivity contribution in [1.82, 2.24) is 5.32 Å². The fraction of sp³-hybridized carbons (Fsp3) is 0.357. The van der Waals surface area contributed by atoms with E-state index >= 15 is 0 Å². The van der Waals surface area contributed by atoms with Crippen LogP contribution >= 0.6 is 0 Å². The molecule has 100 valence electrons. The summed E-state index contributed by atoms with van der Waals surface area (Å²) in [7, 11) is 0. The molecule has 0 radical (unpaired) electrons. The molecule has 0 unspecified atom stereocenters. The summed E-state index contributed by atoms with van der Waals surface area (Å²) in [6.45, 7) is 5.43. The van der Waals surface area contributed by atoms with Crippen molar-refractivity contribution >= 4 is 23.3 Å². The fourth-order valence-electron chi connectivity index (χ4n) is 2.01. The first kappa shape index (κ1) is 13.3. The first-order valence-electron chi connectivity index (χ1n) is 6.06. The number of nitrogens with zero attached hydrogens (tertiary/aromatic N) is 1.